The highest BCUT2D eigenvalue weighted by Gasteiger charge is 2.14. The van der Waals surface area contributed by atoms with Crippen molar-refractivity contribution in [2.45, 2.75) is 6.54 Å². The zero-order chi connectivity index (χ0) is 13.1. The molecule has 18 heavy (non-hydrogen) atoms. The fourth-order valence-corrected chi connectivity index (χ4v) is 2.25. The van der Waals surface area contributed by atoms with Gasteiger partial charge in [-0.3, -0.25) is 4.79 Å². The number of rotatable bonds is 3. The van der Waals surface area contributed by atoms with Gasteiger partial charge in [-0.25, -0.2) is 8.78 Å². The molecule has 0 aliphatic rings. The molecule has 0 aliphatic heterocycles. The van der Waals surface area contributed by atoms with Gasteiger partial charge in [0.15, 0.2) is 11.6 Å². The first kappa shape index (κ1) is 13.0. The van der Waals surface area contributed by atoms with Crippen LogP contribution in [-0.4, -0.2) is 5.91 Å². The SMILES string of the molecule is O=C(NCc1cccs1)c1cc(F)c(F)cc1Cl. The first-order chi connectivity index (χ1) is 8.58. The van der Waals surface area contributed by atoms with Gasteiger partial charge in [-0.05, 0) is 23.6 Å². The molecule has 0 unspecified atom stereocenters. The molecule has 1 aromatic heterocycles. The highest BCUT2D eigenvalue weighted by molar-refractivity contribution is 7.09. The van der Waals surface area contributed by atoms with E-state index in [9.17, 15) is 13.6 Å². The average Bonchev–Trinajstić information content (AvgIpc) is 2.84. The molecule has 1 aromatic carbocycles. The molecule has 1 N–H and O–H groups in total. The molecule has 94 valence electrons. The topological polar surface area (TPSA) is 29.1 Å². The van der Waals surface area contributed by atoms with E-state index in [1.165, 1.54) is 11.3 Å². The Morgan fingerprint density at radius 1 is 1.33 bits per heavy atom. The summed E-state index contributed by atoms with van der Waals surface area (Å²) in [5.74, 6) is -2.71. The minimum absolute atomic E-state index is 0.0767. The Hall–Kier alpha value is -1.46. The summed E-state index contributed by atoms with van der Waals surface area (Å²) in [7, 11) is 0. The Morgan fingerprint density at radius 2 is 2.06 bits per heavy atom. The van der Waals surface area contributed by atoms with Gasteiger partial charge in [0.1, 0.15) is 0 Å². The summed E-state index contributed by atoms with van der Waals surface area (Å²) < 4.78 is 25.9. The Morgan fingerprint density at radius 3 is 2.72 bits per heavy atom. The molecule has 0 aliphatic carbocycles. The molecule has 0 fully saturated rings. The number of carbonyl (C=O) groups excluding carboxylic acids is 1. The van der Waals surface area contributed by atoms with Crippen molar-refractivity contribution in [3.05, 3.63) is 56.7 Å². The van der Waals surface area contributed by atoms with E-state index >= 15 is 0 Å². The fraction of sp³-hybridized carbons (Fsp3) is 0.0833. The lowest BCUT2D eigenvalue weighted by atomic mass is 10.2. The quantitative estimate of drug-likeness (QED) is 0.859. The molecular formula is C12H8ClF2NOS. The Labute approximate surface area is 111 Å². The molecular weight excluding hydrogens is 280 g/mol. The summed E-state index contributed by atoms with van der Waals surface area (Å²) in [6, 6.07) is 5.30. The monoisotopic (exact) mass is 287 g/mol. The highest BCUT2D eigenvalue weighted by Crippen LogP contribution is 2.20. The number of hydrogen-bond acceptors (Lipinski definition) is 2. The number of nitrogens with one attached hydrogen (secondary N) is 1. The molecule has 1 heterocycles. The van der Waals surface area contributed by atoms with Crippen LogP contribution in [0.25, 0.3) is 0 Å². The van der Waals surface area contributed by atoms with Gasteiger partial charge in [-0.1, -0.05) is 17.7 Å². The molecule has 6 heteroatoms. The summed E-state index contributed by atoms with van der Waals surface area (Å²) in [6.07, 6.45) is 0. The first-order valence-corrected chi connectivity index (χ1v) is 6.29. The fourth-order valence-electron chi connectivity index (χ4n) is 1.37. The summed E-state index contributed by atoms with van der Waals surface area (Å²) in [4.78, 5) is 12.7. The van der Waals surface area contributed by atoms with E-state index in [1.54, 1.807) is 0 Å². The smallest absolute Gasteiger partial charge is 0.253 e. The number of halogens is 3. The van der Waals surface area contributed by atoms with Crippen molar-refractivity contribution in [1.82, 2.24) is 5.32 Å². The van der Waals surface area contributed by atoms with E-state index in [0.29, 0.717) is 6.54 Å². The van der Waals surface area contributed by atoms with Crippen LogP contribution < -0.4 is 5.32 Å². The Kier molecular flexibility index (Phi) is 3.93. The average molecular weight is 288 g/mol. The predicted molar refractivity (Wildman–Crippen MR) is 66.9 cm³/mol. The minimum Gasteiger partial charge on any atom is -0.347 e. The highest BCUT2D eigenvalue weighted by atomic mass is 35.5. The zero-order valence-corrected chi connectivity index (χ0v) is 10.6. The second-order valence-corrected chi connectivity index (χ2v) is 4.95. The van der Waals surface area contributed by atoms with Gasteiger partial charge in [-0.2, -0.15) is 0 Å². The lowest BCUT2D eigenvalue weighted by molar-refractivity contribution is 0.0951. The van der Waals surface area contributed by atoms with Crippen molar-refractivity contribution in [2.75, 3.05) is 0 Å². The molecule has 0 spiro atoms. The number of hydrogen-bond donors (Lipinski definition) is 1. The van der Waals surface area contributed by atoms with Gasteiger partial charge in [-0.15, -0.1) is 11.3 Å². The maximum absolute atomic E-state index is 13.0. The lowest BCUT2D eigenvalue weighted by Gasteiger charge is -2.06. The summed E-state index contributed by atoms with van der Waals surface area (Å²) in [6.45, 7) is 0.325. The van der Waals surface area contributed by atoms with Crippen LogP contribution in [-0.2, 0) is 6.54 Å². The van der Waals surface area contributed by atoms with Crippen molar-refractivity contribution in [3.63, 3.8) is 0 Å². The van der Waals surface area contributed by atoms with Crippen LogP contribution in [0, 0.1) is 11.6 Å². The number of amides is 1. The zero-order valence-electron chi connectivity index (χ0n) is 9.04. The van der Waals surface area contributed by atoms with Crippen LogP contribution in [0.4, 0.5) is 8.78 Å². The van der Waals surface area contributed by atoms with Crippen molar-refractivity contribution < 1.29 is 13.6 Å². The van der Waals surface area contributed by atoms with Crippen molar-refractivity contribution >= 4 is 28.8 Å². The van der Waals surface area contributed by atoms with Gasteiger partial charge in [0.05, 0.1) is 17.1 Å². The van der Waals surface area contributed by atoms with Gasteiger partial charge in [0.25, 0.3) is 5.91 Å². The number of benzene rings is 1. The van der Waals surface area contributed by atoms with Crippen LogP contribution >= 0.6 is 22.9 Å². The second kappa shape index (κ2) is 5.46. The molecule has 1 amide bonds. The first-order valence-electron chi connectivity index (χ1n) is 5.03. The molecule has 0 radical (unpaired) electrons. The van der Waals surface area contributed by atoms with E-state index < -0.39 is 17.5 Å². The predicted octanol–water partition coefficient (Wildman–Crippen LogP) is 3.61. The molecule has 0 atom stereocenters. The van der Waals surface area contributed by atoms with Crippen LogP contribution in [0.15, 0.2) is 29.6 Å². The largest absolute Gasteiger partial charge is 0.347 e. The summed E-state index contributed by atoms with van der Waals surface area (Å²) >= 11 is 7.18. The summed E-state index contributed by atoms with van der Waals surface area (Å²) in [5.41, 5.74) is -0.0767. The molecule has 2 aromatic rings. The van der Waals surface area contributed by atoms with E-state index in [-0.39, 0.29) is 10.6 Å². The van der Waals surface area contributed by atoms with Crippen molar-refractivity contribution in [2.24, 2.45) is 0 Å². The molecule has 0 bridgehead atoms. The third-order valence-electron chi connectivity index (χ3n) is 2.26. The standard InChI is InChI=1S/C12H8ClF2NOS/c13-9-5-11(15)10(14)4-8(9)12(17)16-6-7-2-1-3-18-7/h1-5H,6H2,(H,16,17). The lowest BCUT2D eigenvalue weighted by Crippen LogP contribution is -2.23. The van der Waals surface area contributed by atoms with Crippen LogP contribution in [0.1, 0.15) is 15.2 Å². The minimum atomic E-state index is -1.10. The van der Waals surface area contributed by atoms with Gasteiger partial charge in [0.2, 0.25) is 0 Å². The summed E-state index contributed by atoms with van der Waals surface area (Å²) in [5, 5.41) is 4.35. The van der Waals surface area contributed by atoms with E-state index in [1.807, 2.05) is 17.5 Å². The van der Waals surface area contributed by atoms with E-state index in [2.05, 4.69) is 5.32 Å². The number of thiophene rings is 1. The maximum atomic E-state index is 13.0. The van der Waals surface area contributed by atoms with Crippen molar-refractivity contribution in [3.8, 4) is 0 Å². The third kappa shape index (κ3) is 2.86. The Bertz CT molecular complexity index is 572. The normalized spacial score (nSPS) is 10.4. The van der Waals surface area contributed by atoms with Crippen LogP contribution in [0.2, 0.25) is 5.02 Å². The number of carbonyl (C=O) groups is 1. The molecule has 2 rings (SSSR count). The molecule has 2 nitrogen and oxygen atoms in total. The molecule has 0 saturated heterocycles. The van der Waals surface area contributed by atoms with Crippen LogP contribution in [0.3, 0.4) is 0 Å². The Balaban J connectivity index is 2.11. The van der Waals surface area contributed by atoms with Gasteiger partial charge in [0, 0.05) is 4.88 Å². The van der Waals surface area contributed by atoms with E-state index in [4.69, 9.17) is 11.6 Å². The van der Waals surface area contributed by atoms with E-state index in [0.717, 1.165) is 17.0 Å². The second-order valence-electron chi connectivity index (χ2n) is 3.51. The van der Waals surface area contributed by atoms with Gasteiger partial charge >= 0.3 is 0 Å². The van der Waals surface area contributed by atoms with Crippen LogP contribution in [0.5, 0.6) is 0 Å². The van der Waals surface area contributed by atoms with Crippen molar-refractivity contribution in [1.29, 1.82) is 0 Å². The maximum Gasteiger partial charge on any atom is 0.253 e. The van der Waals surface area contributed by atoms with Gasteiger partial charge < -0.3 is 5.32 Å². The molecule has 0 saturated carbocycles. The third-order valence-corrected chi connectivity index (χ3v) is 3.45.